The van der Waals surface area contributed by atoms with Gasteiger partial charge in [0.1, 0.15) is 11.4 Å². The number of aromatic nitrogens is 1. The minimum atomic E-state index is -4.45. The molecule has 0 saturated carbocycles. The molecule has 3 saturated heterocycles. The maximum atomic E-state index is 12.6. The Bertz CT molecular complexity index is 837. The molecule has 150 valence electrons. The number of hydrogen-bond donors (Lipinski definition) is 2. The van der Waals surface area contributed by atoms with E-state index in [0.717, 1.165) is 32.0 Å². The zero-order chi connectivity index (χ0) is 19.9. The topological polar surface area (TPSA) is 57.4 Å². The molecule has 0 spiro atoms. The third-order valence-corrected chi connectivity index (χ3v) is 5.78. The van der Waals surface area contributed by atoms with Crippen LogP contribution in [0.5, 0.6) is 11.6 Å². The van der Waals surface area contributed by atoms with Crippen molar-refractivity contribution in [2.75, 3.05) is 13.1 Å². The van der Waals surface area contributed by atoms with E-state index < -0.39 is 11.9 Å². The van der Waals surface area contributed by atoms with E-state index in [1.165, 1.54) is 6.07 Å². The lowest BCUT2D eigenvalue weighted by molar-refractivity contribution is -0.140. The Morgan fingerprint density at radius 3 is 2.39 bits per heavy atom. The second kappa shape index (κ2) is 7.16. The smallest absolute Gasteiger partial charge is 0.431 e. The molecule has 5 nitrogen and oxygen atoms in total. The summed E-state index contributed by atoms with van der Waals surface area (Å²) >= 11 is 0. The normalized spacial score (nSPS) is 26.9. The molecule has 0 radical (unpaired) electrons. The van der Waals surface area contributed by atoms with E-state index in [0.29, 0.717) is 23.3 Å². The van der Waals surface area contributed by atoms with Gasteiger partial charge >= 0.3 is 6.18 Å². The quantitative estimate of drug-likeness (QED) is 0.824. The summed E-state index contributed by atoms with van der Waals surface area (Å²) in [5.74, 6) is 0.715. The molecule has 1 amide bonds. The van der Waals surface area contributed by atoms with Gasteiger partial charge in [0.25, 0.3) is 5.91 Å². The maximum absolute atomic E-state index is 12.6. The number of carbonyl (C=O) groups excluding carboxylic acids is 1. The summed E-state index contributed by atoms with van der Waals surface area (Å²) in [5, 5.41) is 3.15. The lowest BCUT2D eigenvalue weighted by Gasteiger charge is -2.49. The minimum Gasteiger partial charge on any atom is -0.441 e. The summed E-state index contributed by atoms with van der Waals surface area (Å²) in [6.45, 7) is 4.34. The van der Waals surface area contributed by atoms with Gasteiger partial charge in [0.2, 0.25) is 0 Å². The second-order valence-electron chi connectivity index (χ2n) is 7.47. The molecule has 2 N–H and O–H groups in total. The lowest BCUT2D eigenvalue weighted by atomic mass is 9.79. The summed E-state index contributed by atoms with van der Waals surface area (Å²) < 4.78 is 43.3. The number of aromatic amines is 1. The zero-order valence-electron chi connectivity index (χ0n) is 15.4. The predicted molar refractivity (Wildman–Crippen MR) is 97.3 cm³/mol. The number of carbonyl (C=O) groups is 1. The SMILES string of the molecule is CC1[C@H](NC(=O)c2ccc(Oc3ccc(C(F)(F)F)[nH]3)cc2)C2CCN1CC2. The van der Waals surface area contributed by atoms with E-state index in [4.69, 9.17) is 4.74 Å². The molecule has 28 heavy (non-hydrogen) atoms. The first-order chi connectivity index (χ1) is 13.3. The number of piperidine rings is 3. The number of ether oxygens (including phenoxy) is 1. The highest BCUT2D eigenvalue weighted by molar-refractivity contribution is 5.94. The Morgan fingerprint density at radius 1 is 1.14 bits per heavy atom. The maximum Gasteiger partial charge on any atom is 0.431 e. The zero-order valence-corrected chi connectivity index (χ0v) is 15.4. The van der Waals surface area contributed by atoms with Gasteiger partial charge in [-0.05, 0) is 69.1 Å². The molecule has 3 aliphatic heterocycles. The molecule has 2 aromatic rings. The highest BCUT2D eigenvalue weighted by atomic mass is 19.4. The molecule has 3 aliphatic rings. The number of nitrogens with one attached hydrogen (secondary N) is 2. The molecular formula is C20H22F3N3O2. The van der Waals surface area contributed by atoms with E-state index in [2.05, 4.69) is 22.1 Å². The first-order valence-electron chi connectivity index (χ1n) is 9.40. The molecule has 3 fully saturated rings. The Kier molecular flexibility index (Phi) is 4.82. The highest BCUT2D eigenvalue weighted by Gasteiger charge is 2.40. The van der Waals surface area contributed by atoms with Gasteiger partial charge in [0.15, 0.2) is 5.88 Å². The first kappa shape index (κ1) is 18.9. The van der Waals surface area contributed by atoms with Crippen LogP contribution in [0.25, 0.3) is 0 Å². The number of alkyl halides is 3. The van der Waals surface area contributed by atoms with E-state index in [1.807, 2.05) is 0 Å². The van der Waals surface area contributed by atoms with Crippen molar-refractivity contribution in [1.82, 2.24) is 15.2 Å². The van der Waals surface area contributed by atoms with Crippen molar-refractivity contribution in [2.24, 2.45) is 5.92 Å². The van der Waals surface area contributed by atoms with Crippen LogP contribution in [0.1, 0.15) is 35.8 Å². The van der Waals surface area contributed by atoms with Gasteiger partial charge in [0.05, 0.1) is 0 Å². The lowest BCUT2D eigenvalue weighted by Crippen LogP contribution is -2.62. The van der Waals surface area contributed by atoms with E-state index >= 15 is 0 Å². The molecule has 1 aromatic carbocycles. The third kappa shape index (κ3) is 3.73. The summed E-state index contributed by atoms with van der Waals surface area (Å²) in [5.41, 5.74) is -0.372. The molecular weight excluding hydrogens is 371 g/mol. The van der Waals surface area contributed by atoms with Crippen molar-refractivity contribution in [1.29, 1.82) is 0 Å². The van der Waals surface area contributed by atoms with Gasteiger partial charge in [-0.3, -0.25) is 9.69 Å². The van der Waals surface area contributed by atoms with Gasteiger partial charge in [-0.25, -0.2) is 0 Å². The number of rotatable bonds is 4. The highest BCUT2D eigenvalue weighted by Crippen LogP contribution is 2.33. The van der Waals surface area contributed by atoms with Crippen LogP contribution in [0.3, 0.4) is 0 Å². The Morgan fingerprint density at radius 2 is 1.82 bits per heavy atom. The number of benzene rings is 1. The fourth-order valence-electron chi connectivity index (χ4n) is 4.18. The molecule has 4 heterocycles. The molecule has 2 bridgehead atoms. The van der Waals surface area contributed by atoms with Gasteiger partial charge in [-0.1, -0.05) is 0 Å². The number of halogens is 3. The summed E-state index contributed by atoms with van der Waals surface area (Å²) in [4.78, 5) is 17.2. The van der Waals surface area contributed by atoms with Crippen LogP contribution in [-0.4, -0.2) is 41.0 Å². The van der Waals surface area contributed by atoms with Crippen LogP contribution >= 0.6 is 0 Å². The molecule has 1 unspecified atom stereocenters. The van der Waals surface area contributed by atoms with Crippen LogP contribution in [-0.2, 0) is 6.18 Å². The molecule has 5 rings (SSSR count). The van der Waals surface area contributed by atoms with Crippen LogP contribution < -0.4 is 10.1 Å². The number of fused-ring (bicyclic) bond motifs is 3. The number of H-pyrrole nitrogens is 1. The number of nitrogens with zero attached hydrogens (tertiary/aromatic N) is 1. The third-order valence-electron chi connectivity index (χ3n) is 5.78. The van der Waals surface area contributed by atoms with Crippen molar-refractivity contribution in [3.63, 3.8) is 0 Å². The summed E-state index contributed by atoms with van der Waals surface area (Å²) in [6.07, 6.45) is -2.23. The average Bonchev–Trinajstić information content (AvgIpc) is 3.14. The predicted octanol–water partition coefficient (Wildman–Crippen LogP) is 4.04. The van der Waals surface area contributed by atoms with Crippen LogP contribution in [0.15, 0.2) is 36.4 Å². The molecule has 0 aliphatic carbocycles. The van der Waals surface area contributed by atoms with E-state index in [-0.39, 0.29) is 17.8 Å². The molecule has 8 heteroatoms. The van der Waals surface area contributed by atoms with Crippen LogP contribution in [0.4, 0.5) is 13.2 Å². The molecule has 1 aromatic heterocycles. The number of amides is 1. The van der Waals surface area contributed by atoms with Crippen LogP contribution in [0.2, 0.25) is 0 Å². The Balaban J connectivity index is 1.39. The second-order valence-corrected chi connectivity index (χ2v) is 7.47. The standard InChI is InChI=1S/C20H22F3N3O2/c1-12-18(13-8-10-26(12)11-9-13)25-19(27)14-2-4-15(5-3-14)28-17-7-6-16(24-17)20(21,22)23/h2-7,12-13,18,24H,8-11H2,1H3,(H,25,27)/t12?,18-/m0/s1. The summed E-state index contributed by atoms with van der Waals surface area (Å²) in [6, 6.07) is 8.99. The Hall–Kier alpha value is -2.48. The molecule has 2 atom stereocenters. The van der Waals surface area contributed by atoms with Gasteiger partial charge in [0, 0.05) is 23.7 Å². The van der Waals surface area contributed by atoms with Crippen molar-refractivity contribution in [2.45, 2.75) is 38.0 Å². The van der Waals surface area contributed by atoms with Gasteiger partial charge in [-0.2, -0.15) is 13.2 Å². The van der Waals surface area contributed by atoms with Crippen molar-refractivity contribution in [3.8, 4) is 11.6 Å². The average molecular weight is 393 g/mol. The van der Waals surface area contributed by atoms with E-state index in [9.17, 15) is 18.0 Å². The van der Waals surface area contributed by atoms with Crippen molar-refractivity contribution in [3.05, 3.63) is 47.7 Å². The van der Waals surface area contributed by atoms with E-state index in [1.54, 1.807) is 24.3 Å². The largest absolute Gasteiger partial charge is 0.441 e. The minimum absolute atomic E-state index is 0.00867. The fourth-order valence-corrected chi connectivity index (χ4v) is 4.18. The fraction of sp³-hybridized carbons (Fsp3) is 0.450. The Labute approximate surface area is 160 Å². The monoisotopic (exact) mass is 393 g/mol. The summed E-state index contributed by atoms with van der Waals surface area (Å²) in [7, 11) is 0. The van der Waals surface area contributed by atoms with Gasteiger partial charge < -0.3 is 15.0 Å². The van der Waals surface area contributed by atoms with Crippen LogP contribution in [0, 0.1) is 5.92 Å². The van der Waals surface area contributed by atoms with Crippen molar-refractivity contribution >= 4 is 5.91 Å². The van der Waals surface area contributed by atoms with Gasteiger partial charge in [-0.15, -0.1) is 0 Å². The number of hydrogen-bond acceptors (Lipinski definition) is 3. The first-order valence-corrected chi connectivity index (χ1v) is 9.40. The van der Waals surface area contributed by atoms with Crippen molar-refractivity contribution < 1.29 is 22.7 Å².